The molecular formula is C15H18FN3O. The van der Waals surface area contributed by atoms with Crippen molar-refractivity contribution >= 4 is 0 Å². The fourth-order valence-electron chi connectivity index (χ4n) is 2.49. The molecule has 1 aliphatic rings. The predicted molar refractivity (Wildman–Crippen MR) is 72.5 cm³/mol. The first-order chi connectivity index (χ1) is 9.57. The van der Waals surface area contributed by atoms with Crippen LogP contribution in [0.3, 0.4) is 0 Å². The molecule has 0 amide bonds. The third-order valence-corrected chi connectivity index (χ3v) is 4.08. The fraction of sp³-hybridized carbons (Fsp3) is 0.467. The van der Waals surface area contributed by atoms with Gasteiger partial charge >= 0.3 is 0 Å². The van der Waals surface area contributed by atoms with Crippen LogP contribution in [0.15, 0.2) is 28.8 Å². The van der Waals surface area contributed by atoms with Gasteiger partial charge in [0, 0.05) is 6.42 Å². The van der Waals surface area contributed by atoms with E-state index in [1.165, 1.54) is 12.1 Å². The number of hydrogen-bond acceptors (Lipinski definition) is 4. The second kappa shape index (κ2) is 4.98. The lowest BCUT2D eigenvalue weighted by atomic mass is 9.77. The first kappa shape index (κ1) is 13.2. The molecule has 5 heteroatoms. The highest BCUT2D eigenvalue weighted by Gasteiger charge is 2.39. The van der Waals surface area contributed by atoms with Crippen LogP contribution < -0.4 is 5.73 Å². The first-order valence-corrected chi connectivity index (χ1v) is 6.94. The van der Waals surface area contributed by atoms with Crippen LogP contribution in [0.1, 0.15) is 49.4 Å². The van der Waals surface area contributed by atoms with Crippen LogP contribution >= 0.6 is 0 Å². The van der Waals surface area contributed by atoms with Gasteiger partial charge in [-0.3, -0.25) is 0 Å². The highest BCUT2D eigenvalue weighted by molar-refractivity contribution is 5.20. The van der Waals surface area contributed by atoms with Crippen molar-refractivity contribution in [2.24, 2.45) is 5.73 Å². The molecule has 1 unspecified atom stereocenters. The van der Waals surface area contributed by atoms with Gasteiger partial charge in [0.25, 0.3) is 0 Å². The van der Waals surface area contributed by atoms with Gasteiger partial charge in [-0.1, -0.05) is 24.2 Å². The normalized spacial score (nSPS) is 18.6. The van der Waals surface area contributed by atoms with E-state index in [1.807, 2.05) is 0 Å². The van der Waals surface area contributed by atoms with Crippen molar-refractivity contribution in [1.29, 1.82) is 0 Å². The lowest BCUT2D eigenvalue weighted by Crippen LogP contribution is -2.44. The third-order valence-electron chi connectivity index (χ3n) is 4.08. The molecular weight excluding hydrogens is 257 g/mol. The lowest BCUT2D eigenvalue weighted by Gasteiger charge is -2.34. The van der Waals surface area contributed by atoms with Crippen LogP contribution in [0.25, 0.3) is 0 Å². The molecule has 2 aromatic rings. The van der Waals surface area contributed by atoms with Crippen LogP contribution in [-0.4, -0.2) is 10.1 Å². The number of halogens is 1. The molecule has 1 aromatic heterocycles. The van der Waals surface area contributed by atoms with Gasteiger partial charge in [0.05, 0.1) is 5.54 Å². The van der Waals surface area contributed by atoms with E-state index >= 15 is 0 Å². The lowest BCUT2D eigenvalue weighted by molar-refractivity contribution is 0.229. The van der Waals surface area contributed by atoms with Crippen molar-refractivity contribution < 1.29 is 8.91 Å². The zero-order valence-corrected chi connectivity index (χ0v) is 11.5. The summed E-state index contributed by atoms with van der Waals surface area (Å²) in [6.07, 6.45) is 3.58. The zero-order valence-electron chi connectivity index (χ0n) is 11.5. The fourth-order valence-corrected chi connectivity index (χ4v) is 2.49. The number of aromatic nitrogens is 2. The summed E-state index contributed by atoms with van der Waals surface area (Å²) in [6.45, 7) is 2.05. The van der Waals surface area contributed by atoms with Gasteiger partial charge in [0.2, 0.25) is 5.89 Å². The number of rotatable bonds is 4. The van der Waals surface area contributed by atoms with E-state index in [1.54, 1.807) is 12.1 Å². The summed E-state index contributed by atoms with van der Waals surface area (Å²) in [5.41, 5.74) is 6.83. The van der Waals surface area contributed by atoms with E-state index < -0.39 is 0 Å². The van der Waals surface area contributed by atoms with E-state index in [4.69, 9.17) is 10.3 Å². The summed E-state index contributed by atoms with van der Waals surface area (Å²) in [4.78, 5) is 4.41. The molecule has 106 valence electrons. The smallest absolute Gasteiger partial charge is 0.227 e. The predicted octanol–water partition coefficient (Wildman–Crippen LogP) is 2.89. The van der Waals surface area contributed by atoms with Crippen LogP contribution in [0, 0.1) is 5.82 Å². The van der Waals surface area contributed by atoms with Crippen molar-refractivity contribution in [1.82, 2.24) is 10.1 Å². The number of nitrogens with zero attached hydrogens (tertiary/aromatic N) is 2. The Bertz CT molecular complexity index is 589. The first-order valence-electron chi connectivity index (χ1n) is 6.94. The molecule has 1 aromatic carbocycles. The van der Waals surface area contributed by atoms with Crippen LogP contribution in [0.2, 0.25) is 0 Å². The molecule has 1 atom stereocenters. The van der Waals surface area contributed by atoms with Crippen LogP contribution in [-0.2, 0) is 12.0 Å². The Morgan fingerprint density at radius 1 is 1.35 bits per heavy atom. The van der Waals surface area contributed by atoms with Gasteiger partial charge in [-0.05, 0) is 42.9 Å². The second-order valence-corrected chi connectivity index (χ2v) is 5.68. The monoisotopic (exact) mass is 275 g/mol. The Labute approximate surface area is 117 Å². The van der Waals surface area contributed by atoms with E-state index in [9.17, 15) is 4.39 Å². The quantitative estimate of drug-likeness (QED) is 0.931. The molecule has 0 bridgehead atoms. The summed E-state index contributed by atoms with van der Waals surface area (Å²) in [6, 6.07) is 6.50. The molecule has 4 nitrogen and oxygen atoms in total. The zero-order chi connectivity index (χ0) is 14.2. The summed E-state index contributed by atoms with van der Waals surface area (Å²) >= 11 is 0. The third kappa shape index (κ3) is 2.45. The Morgan fingerprint density at radius 3 is 2.65 bits per heavy atom. The molecule has 3 rings (SSSR count). The minimum absolute atomic E-state index is 0.194. The SMILES string of the molecule is CC(Cc1nc(C2(N)CCC2)no1)c1ccc(F)cc1. The van der Waals surface area contributed by atoms with Gasteiger partial charge in [-0.2, -0.15) is 4.98 Å². The van der Waals surface area contributed by atoms with Crippen LogP contribution in [0.4, 0.5) is 4.39 Å². The standard InChI is InChI=1S/C15H18FN3O/c1-10(11-3-5-12(16)6-4-11)9-13-18-14(19-20-13)15(17)7-2-8-15/h3-6,10H,2,7-9,17H2,1H3. The highest BCUT2D eigenvalue weighted by atomic mass is 19.1. The summed E-state index contributed by atoms with van der Waals surface area (Å²) < 4.78 is 18.2. The molecule has 1 heterocycles. The van der Waals surface area contributed by atoms with Crippen molar-refractivity contribution in [3.8, 4) is 0 Å². The maximum absolute atomic E-state index is 12.9. The summed E-state index contributed by atoms with van der Waals surface area (Å²) in [5, 5.41) is 4.00. The van der Waals surface area contributed by atoms with Gasteiger partial charge in [-0.25, -0.2) is 4.39 Å². The minimum Gasteiger partial charge on any atom is -0.339 e. The van der Waals surface area contributed by atoms with Crippen molar-refractivity contribution in [2.75, 3.05) is 0 Å². The Hall–Kier alpha value is -1.75. The van der Waals surface area contributed by atoms with Gasteiger partial charge in [0.1, 0.15) is 5.82 Å². The summed E-state index contributed by atoms with van der Waals surface area (Å²) in [7, 11) is 0. The molecule has 0 aliphatic heterocycles. The van der Waals surface area contributed by atoms with E-state index in [0.717, 1.165) is 24.8 Å². The van der Waals surface area contributed by atoms with Gasteiger partial charge < -0.3 is 10.3 Å². The van der Waals surface area contributed by atoms with E-state index in [0.29, 0.717) is 18.1 Å². The number of benzene rings is 1. The van der Waals surface area contributed by atoms with E-state index in [2.05, 4.69) is 17.1 Å². The average molecular weight is 275 g/mol. The Morgan fingerprint density at radius 2 is 2.05 bits per heavy atom. The minimum atomic E-state index is -0.388. The molecule has 1 saturated carbocycles. The van der Waals surface area contributed by atoms with Crippen molar-refractivity contribution in [3.05, 3.63) is 47.4 Å². The molecule has 2 N–H and O–H groups in total. The van der Waals surface area contributed by atoms with Crippen LogP contribution in [0.5, 0.6) is 0 Å². The maximum Gasteiger partial charge on any atom is 0.227 e. The number of nitrogens with two attached hydrogens (primary N) is 1. The van der Waals surface area contributed by atoms with Crippen molar-refractivity contribution in [3.63, 3.8) is 0 Å². The second-order valence-electron chi connectivity index (χ2n) is 5.68. The maximum atomic E-state index is 12.9. The average Bonchev–Trinajstić information content (AvgIpc) is 2.85. The molecule has 1 aliphatic carbocycles. The highest BCUT2D eigenvalue weighted by Crippen LogP contribution is 2.37. The van der Waals surface area contributed by atoms with Gasteiger partial charge in [-0.15, -0.1) is 0 Å². The van der Waals surface area contributed by atoms with E-state index in [-0.39, 0.29) is 17.3 Å². The molecule has 20 heavy (non-hydrogen) atoms. The van der Waals surface area contributed by atoms with Crippen molar-refractivity contribution in [2.45, 2.75) is 44.1 Å². The Balaban J connectivity index is 1.70. The molecule has 0 saturated heterocycles. The Kier molecular flexibility index (Phi) is 3.30. The van der Waals surface area contributed by atoms with Gasteiger partial charge in [0.15, 0.2) is 5.82 Å². The summed E-state index contributed by atoms with van der Waals surface area (Å²) in [5.74, 6) is 1.17. The number of hydrogen-bond donors (Lipinski definition) is 1. The molecule has 0 spiro atoms. The topological polar surface area (TPSA) is 64.9 Å². The molecule has 0 radical (unpaired) electrons. The molecule has 1 fully saturated rings. The largest absolute Gasteiger partial charge is 0.339 e.